The summed E-state index contributed by atoms with van der Waals surface area (Å²) in [4.78, 5) is 24.9. The highest BCUT2D eigenvalue weighted by Gasteiger charge is 2.27. The van der Waals surface area contributed by atoms with Gasteiger partial charge in [0.2, 0.25) is 5.91 Å². The van der Waals surface area contributed by atoms with Gasteiger partial charge in [-0.3, -0.25) is 9.59 Å². The number of carbonyl (C=O) groups is 2. The lowest BCUT2D eigenvalue weighted by atomic mass is 9.96. The first kappa shape index (κ1) is 27.5. The molecule has 1 aliphatic rings. The first-order chi connectivity index (χ1) is 17.8. The summed E-state index contributed by atoms with van der Waals surface area (Å²) >= 11 is 0. The molecule has 9 heteroatoms. The van der Waals surface area contributed by atoms with Crippen LogP contribution in [0, 0.1) is 31.1 Å². The summed E-state index contributed by atoms with van der Waals surface area (Å²) in [7, 11) is 1.46. The molecule has 0 spiro atoms. The topological polar surface area (TPSA) is 145 Å². The number of aromatic nitrogens is 2. The number of aryl methyl sites for hydroxylation is 1. The van der Waals surface area contributed by atoms with Crippen LogP contribution in [0.2, 0.25) is 0 Å². The quantitative estimate of drug-likeness (QED) is 0.387. The number of nitrogens with zero attached hydrogens (tertiary/aromatic N) is 2. The molecule has 1 saturated carbocycles. The Morgan fingerprint density at radius 1 is 1.35 bits per heavy atom. The molecule has 2 unspecified atom stereocenters. The van der Waals surface area contributed by atoms with Gasteiger partial charge in [-0.15, -0.1) is 6.42 Å². The summed E-state index contributed by atoms with van der Waals surface area (Å²) in [6.45, 7) is 1.55. The van der Waals surface area contributed by atoms with Crippen molar-refractivity contribution < 1.29 is 19.4 Å². The number of primary amides is 1. The highest BCUT2D eigenvalue weighted by atomic mass is 16.5. The first-order valence-corrected chi connectivity index (χ1v) is 12.1. The molecule has 2 atom stereocenters. The molecule has 1 aliphatic carbocycles. The van der Waals surface area contributed by atoms with Crippen LogP contribution in [0.1, 0.15) is 65.7 Å². The van der Waals surface area contributed by atoms with Gasteiger partial charge in [0, 0.05) is 12.7 Å². The number of carbonyl (C=O) groups excluding carboxylic acids is 2. The number of benzene rings is 1. The van der Waals surface area contributed by atoms with E-state index in [-0.39, 0.29) is 36.4 Å². The second-order valence-corrected chi connectivity index (χ2v) is 8.95. The number of aliphatic hydroxyl groups is 1. The minimum Gasteiger partial charge on any atom is -0.394 e. The number of nitrogen functional groups attached to an aromatic ring is 1. The van der Waals surface area contributed by atoms with Crippen LogP contribution < -0.4 is 16.8 Å². The van der Waals surface area contributed by atoms with E-state index >= 15 is 0 Å². The van der Waals surface area contributed by atoms with Gasteiger partial charge in [-0.25, -0.2) is 4.68 Å². The van der Waals surface area contributed by atoms with E-state index in [1.54, 1.807) is 16.8 Å². The van der Waals surface area contributed by atoms with Gasteiger partial charge in [0.1, 0.15) is 23.2 Å². The van der Waals surface area contributed by atoms with Crippen LogP contribution in [0.3, 0.4) is 0 Å². The van der Waals surface area contributed by atoms with Crippen molar-refractivity contribution in [3.05, 3.63) is 47.0 Å². The van der Waals surface area contributed by atoms with E-state index in [1.165, 1.54) is 19.3 Å². The van der Waals surface area contributed by atoms with Crippen LogP contribution in [-0.2, 0) is 9.53 Å². The number of hydrogen-bond acceptors (Lipinski definition) is 6. The standard InChI is InChI=1S/C28H33N5O4/c1-4-5-6-7-12-21(37-3)16-24(35)31-23(17-34)22-14-13-19(15-18(22)2)26-25(28(30)36)27(29)33(32-26)20-10-8-9-11-20/h1,5-6,13-15,20-21,23,34H,8-11,16-17,29H2,2-3H3,(H2,30,36)(H,31,35)/b6-5-. The lowest BCUT2D eigenvalue weighted by Gasteiger charge is -2.20. The average molecular weight is 504 g/mol. The number of methoxy groups -OCH3 is 1. The maximum Gasteiger partial charge on any atom is 0.254 e. The van der Waals surface area contributed by atoms with E-state index in [1.807, 2.05) is 13.0 Å². The fraction of sp³-hybridized carbons (Fsp3) is 0.393. The molecule has 0 radical (unpaired) electrons. The number of aliphatic hydroxyl groups excluding tert-OH is 1. The minimum absolute atomic E-state index is 0.0130. The number of anilines is 1. The van der Waals surface area contributed by atoms with E-state index < -0.39 is 18.1 Å². The molecule has 1 aromatic carbocycles. The number of amides is 2. The van der Waals surface area contributed by atoms with Crippen molar-refractivity contribution in [2.75, 3.05) is 19.5 Å². The predicted molar refractivity (Wildman–Crippen MR) is 142 cm³/mol. The number of terminal acetylenes is 1. The Bertz CT molecular complexity index is 1270. The largest absolute Gasteiger partial charge is 0.394 e. The maximum absolute atomic E-state index is 12.6. The van der Waals surface area contributed by atoms with Crippen molar-refractivity contribution >= 4 is 17.6 Å². The highest BCUT2D eigenvalue weighted by molar-refractivity contribution is 6.03. The molecule has 0 aliphatic heterocycles. The van der Waals surface area contributed by atoms with Crippen molar-refractivity contribution in [2.24, 2.45) is 5.73 Å². The summed E-state index contributed by atoms with van der Waals surface area (Å²) in [5.41, 5.74) is 14.8. The SMILES string of the molecule is C#C/C=C\C#CC(CC(=O)NC(CO)c1ccc(-c2nn(C3CCCC3)c(N)c2C(N)=O)cc1C)OC. The predicted octanol–water partition coefficient (Wildman–Crippen LogP) is 2.40. The van der Waals surface area contributed by atoms with Crippen molar-refractivity contribution in [3.8, 4) is 35.4 Å². The molecular formula is C28H33N5O4. The van der Waals surface area contributed by atoms with Crippen LogP contribution >= 0.6 is 0 Å². The molecule has 1 heterocycles. The van der Waals surface area contributed by atoms with E-state index in [4.69, 9.17) is 22.6 Å². The number of nitrogens with two attached hydrogens (primary N) is 2. The zero-order valence-electron chi connectivity index (χ0n) is 21.2. The Morgan fingerprint density at radius 3 is 2.68 bits per heavy atom. The van der Waals surface area contributed by atoms with Crippen molar-refractivity contribution in [1.29, 1.82) is 0 Å². The van der Waals surface area contributed by atoms with Gasteiger partial charge in [-0.1, -0.05) is 42.7 Å². The third-order valence-corrected chi connectivity index (χ3v) is 6.46. The number of allylic oxidation sites excluding steroid dienone is 2. The molecule has 3 rings (SSSR count). The van der Waals surface area contributed by atoms with E-state index in [9.17, 15) is 14.7 Å². The molecule has 2 amide bonds. The summed E-state index contributed by atoms with van der Waals surface area (Å²) in [6.07, 6.45) is 11.5. The van der Waals surface area contributed by atoms with Gasteiger partial charge >= 0.3 is 0 Å². The third-order valence-electron chi connectivity index (χ3n) is 6.46. The summed E-state index contributed by atoms with van der Waals surface area (Å²) in [5.74, 6) is 7.19. The van der Waals surface area contributed by atoms with E-state index in [2.05, 4.69) is 28.2 Å². The molecule has 194 valence electrons. The van der Waals surface area contributed by atoms with Crippen LogP contribution in [0.4, 0.5) is 5.82 Å². The average Bonchev–Trinajstić information content (AvgIpc) is 3.52. The zero-order valence-corrected chi connectivity index (χ0v) is 21.2. The van der Waals surface area contributed by atoms with Gasteiger partial charge < -0.3 is 26.6 Å². The molecule has 1 fully saturated rings. The summed E-state index contributed by atoms with van der Waals surface area (Å²) in [6, 6.07) is 4.92. The van der Waals surface area contributed by atoms with Crippen LogP contribution in [-0.4, -0.2) is 46.5 Å². The van der Waals surface area contributed by atoms with Crippen LogP contribution in [0.25, 0.3) is 11.3 Å². The van der Waals surface area contributed by atoms with Crippen molar-refractivity contribution in [1.82, 2.24) is 15.1 Å². The minimum atomic E-state index is -0.648. The van der Waals surface area contributed by atoms with Gasteiger partial charge in [0.25, 0.3) is 5.91 Å². The maximum atomic E-state index is 12.6. The zero-order chi connectivity index (χ0) is 26.9. The molecule has 0 bridgehead atoms. The first-order valence-electron chi connectivity index (χ1n) is 12.1. The van der Waals surface area contributed by atoms with Crippen LogP contribution in [0.5, 0.6) is 0 Å². The summed E-state index contributed by atoms with van der Waals surface area (Å²) in [5, 5.41) is 17.5. The number of hydrogen-bond donors (Lipinski definition) is 4. The van der Waals surface area contributed by atoms with Gasteiger partial charge in [-0.05, 0) is 49.1 Å². The number of nitrogens with one attached hydrogen (secondary N) is 1. The van der Waals surface area contributed by atoms with Crippen molar-refractivity contribution in [2.45, 2.75) is 57.2 Å². The summed E-state index contributed by atoms with van der Waals surface area (Å²) < 4.78 is 6.97. The molecule has 37 heavy (non-hydrogen) atoms. The Kier molecular flexibility index (Phi) is 9.51. The van der Waals surface area contributed by atoms with Gasteiger partial charge in [0.05, 0.1) is 25.1 Å². The smallest absolute Gasteiger partial charge is 0.254 e. The lowest BCUT2D eigenvalue weighted by molar-refractivity contribution is -0.123. The number of ether oxygens (including phenoxy) is 1. The van der Waals surface area contributed by atoms with Crippen molar-refractivity contribution in [3.63, 3.8) is 0 Å². The molecular weight excluding hydrogens is 470 g/mol. The Balaban J connectivity index is 1.82. The second-order valence-electron chi connectivity index (χ2n) is 8.95. The van der Waals surface area contributed by atoms with Gasteiger partial charge in [-0.2, -0.15) is 5.10 Å². The number of rotatable bonds is 9. The monoisotopic (exact) mass is 503 g/mol. The normalized spacial score (nSPS) is 15.1. The Morgan fingerprint density at radius 2 is 2.08 bits per heavy atom. The Hall–Kier alpha value is -4.05. The fourth-order valence-electron chi connectivity index (χ4n) is 4.60. The molecule has 9 nitrogen and oxygen atoms in total. The molecule has 2 aromatic rings. The Labute approximate surface area is 217 Å². The molecule has 0 saturated heterocycles. The van der Waals surface area contributed by atoms with E-state index in [0.717, 1.165) is 36.8 Å². The lowest BCUT2D eigenvalue weighted by Crippen LogP contribution is -2.33. The fourth-order valence-corrected chi connectivity index (χ4v) is 4.60. The second kappa shape index (κ2) is 12.8. The van der Waals surface area contributed by atoms with E-state index in [0.29, 0.717) is 11.3 Å². The van der Waals surface area contributed by atoms with Gasteiger partial charge in [0.15, 0.2) is 0 Å². The highest BCUT2D eigenvalue weighted by Crippen LogP contribution is 2.36. The van der Waals surface area contributed by atoms with Crippen LogP contribution in [0.15, 0.2) is 30.4 Å². The third kappa shape index (κ3) is 6.59. The molecule has 6 N–H and O–H groups in total. The molecule has 1 aromatic heterocycles.